The molecule has 2 amide bonds. The number of rotatable bonds is 7. The van der Waals surface area contributed by atoms with Crippen molar-refractivity contribution in [3.63, 3.8) is 0 Å². The highest BCUT2D eigenvalue weighted by Gasteiger charge is 2.22. The second-order valence-electron chi connectivity index (χ2n) is 7.17. The minimum Gasteiger partial charge on any atom is -0.350 e. The highest BCUT2D eigenvalue weighted by atomic mass is 16.2. The lowest BCUT2D eigenvalue weighted by Gasteiger charge is -2.21. The largest absolute Gasteiger partial charge is 0.350 e. The number of aryl methyl sites for hydroxylation is 2. The first-order valence-electron chi connectivity index (χ1n) is 9.06. The van der Waals surface area contributed by atoms with Gasteiger partial charge in [-0.2, -0.15) is 0 Å². The number of nitrogens with one attached hydrogen (secondary N) is 2. The second kappa shape index (κ2) is 9.18. The van der Waals surface area contributed by atoms with Crippen molar-refractivity contribution in [1.82, 2.24) is 10.6 Å². The van der Waals surface area contributed by atoms with E-state index < -0.39 is 6.04 Å². The molecule has 0 radical (unpaired) electrons. The lowest BCUT2D eigenvalue weighted by Crippen LogP contribution is -2.47. The van der Waals surface area contributed by atoms with Crippen LogP contribution in [0.4, 0.5) is 0 Å². The maximum absolute atomic E-state index is 12.6. The van der Waals surface area contributed by atoms with Gasteiger partial charge in [-0.15, -0.1) is 0 Å². The summed E-state index contributed by atoms with van der Waals surface area (Å²) >= 11 is 0. The van der Waals surface area contributed by atoms with Crippen LogP contribution >= 0.6 is 0 Å². The van der Waals surface area contributed by atoms with Gasteiger partial charge in [0.15, 0.2) is 0 Å². The van der Waals surface area contributed by atoms with Crippen molar-refractivity contribution in [2.24, 2.45) is 5.92 Å². The summed E-state index contributed by atoms with van der Waals surface area (Å²) < 4.78 is 0. The van der Waals surface area contributed by atoms with E-state index in [-0.39, 0.29) is 11.8 Å². The summed E-state index contributed by atoms with van der Waals surface area (Å²) in [4.78, 5) is 25.2. The third-order valence-electron chi connectivity index (χ3n) is 4.31. The molecule has 0 aromatic heterocycles. The Bertz CT molecular complexity index is 751. The van der Waals surface area contributed by atoms with Crippen LogP contribution in [0.3, 0.4) is 0 Å². The van der Waals surface area contributed by atoms with E-state index in [2.05, 4.69) is 10.6 Å². The number of hydrogen-bond acceptors (Lipinski definition) is 2. The molecular formula is C22H28N2O2. The van der Waals surface area contributed by atoms with Crippen LogP contribution in [-0.4, -0.2) is 17.9 Å². The highest BCUT2D eigenvalue weighted by molar-refractivity contribution is 5.98. The first-order valence-corrected chi connectivity index (χ1v) is 9.06. The van der Waals surface area contributed by atoms with Gasteiger partial charge in [0, 0.05) is 12.1 Å². The van der Waals surface area contributed by atoms with Gasteiger partial charge in [0.2, 0.25) is 5.91 Å². The molecule has 26 heavy (non-hydrogen) atoms. The van der Waals surface area contributed by atoms with Gasteiger partial charge in [-0.05, 0) is 43.4 Å². The fourth-order valence-corrected chi connectivity index (χ4v) is 2.78. The zero-order valence-electron chi connectivity index (χ0n) is 16.0. The van der Waals surface area contributed by atoms with Crippen molar-refractivity contribution in [2.75, 3.05) is 0 Å². The summed E-state index contributed by atoms with van der Waals surface area (Å²) in [6.07, 6.45) is 0.595. The molecule has 0 aliphatic carbocycles. The predicted molar refractivity (Wildman–Crippen MR) is 105 cm³/mol. The molecule has 0 saturated heterocycles. The Labute approximate surface area is 156 Å². The molecule has 2 rings (SSSR count). The number of amides is 2. The van der Waals surface area contributed by atoms with Crippen LogP contribution in [0.1, 0.15) is 47.3 Å². The van der Waals surface area contributed by atoms with Crippen LogP contribution in [0.5, 0.6) is 0 Å². The first-order chi connectivity index (χ1) is 12.4. The first kappa shape index (κ1) is 19.7. The number of benzene rings is 2. The SMILES string of the molecule is Cc1ccc(CNC(=O)C(CC(C)C)NC(=O)c2ccccc2C)cc1. The Morgan fingerprint density at radius 3 is 2.23 bits per heavy atom. The smallest absolute Gasteiger partial charge is 0.252 e. The van der Waals surface area contributed by atoms with Crippen molar-refractivity contribution in [3.8, 4) is 0 Å². The van der Waals surface area contributed by atoms with E-state index >= 15 is 0 Å². The molecule has 0 aliphatic heterocycles. The van der Waals surface area contributed by atoms with Gasteiger partial charge in [0.25, 0.3) is 5.91 Å². The summed E-state index contributed by atoms with van der Waals surface area (Å²) in [5, 5.41) is 5.84. The minimum absolute atomic E-state index is 0.152. The third kappa shape index (κ3) is 5.73. The summed E-state index contributed by atoms with van der Waals surface area (Å²) in [6, 6.07) is 14.9. The average molecular weight is 352 g/mol. The van der Waals surface area contributed by atoms with Gasteiger partial charge >= 0.3 is 0 Å². The quantitative estimate of drug-likeness (QED) is 0.797. The lowest BCUT2D eigenvalue weighted by atomic mass is 10.0. The van der Waals surface area contributed by atoms with Crippen LogP contribution in [0.15, 0.2) is 48.5 Å². The highest BCUT2D eigenvalue weighted by Crippen LogP contribution is 2.10. The van der Waals surface area contributed by atoms with E-state index in [0.29, 0.717) is 24.4 Å². The number of carbonyl (C=O) groups is 2. The van der Waals surface area contributed by atoms with Crippen molar-refractivity contribution < 1.29 is 9.59 Å². The molecule has 0 aliphatic rings. The Morgan fingerprint density at radius 1 is 0.962 bits per heavy atom. The van der Waals surface area contributed by atoms with Crippen molar-refractivity contribution in [3.05, 3.63) is 70.8 Å². The van der Waals surface area contributed by atoms with Gasteiger partial charge in [0.1, 0.15) is 6.04 Å². The molecule has 0 fully saturated rings. The van der Waals surface area contributed by atoms with Crippen molar-refractivity contribution in [2.45, 2.75) is 46.7 Å². The molecular weight excluding hydrogens is 324 g/mol. The Balaban J connectivity index is 2.03. The van der Waals surface area contributed by atoms with E-state index in [0.717, 1.165) is 11.1 Å². The van der Waals surface area contributed by atoms with Crippen molar-refractivity contribution >= 4 is 11.8 Å². The summed E-state index contributed by atoms with van der Waals surface area (Å²) in [6.45, 7) is 8.46. The minimum atomic E-state index is -0.549. The monoisotopic (exact) mass is 352 g/mol. The molecule has 2 aromatic carbocycles. The van der Waals surface area contributed by atoms with Crippen LogP contribution in [-0.2, 0) is 11.3 Å². The summed E-state index contributed by atoms with van der Waals surface area (Å²) in [5.41, 5.74) is 3.72. The molecule has 2 aromatic rings. The molecule has 0 spiro atoms. The summed E-state index contributed by atoms with van der Waals surface area (Å²) in [7, 11) is 0. The maximum atomic E-state index is 12.6. The van der Waals surface area contributed by atoms with Gasteiger partial charge in [0.05, 0.1) is 0 Å². The van der Waals surface area contributed by atoms with Crippen LogP contribution < -0.4 is 10.6 Å². The van der Waals surface area contributed by atoms with Crippen LogP contribution in [0, 0.1) is 19.8 Å². The van der Waals surface area contributed by atoms with Gasteiger partial charge in [-0.25, -0.2) is 0 Å². The molecule has 1 atom stereocenters. The standard InChI is InChI=1S/C22H28N2O2/c1-15(2)13-20(24-21(25)19-8-6-5-7-17(19)4)22(26)23-14-18-11-9-16(3)10-12-18/h5-12,15,20H,13-14H2,1-4H3,(H,23,26)(H,24,25). The van der Waals surface area contributed by atoms with E-state index in [1.54, 1.807) is 6.07 Å². The summed E-state index contributed by atoms with van der Waals surface area (Å²) in [5.74, 6) is -0.0669. The second-order valence-corrected chi connectivity index (χ2v) is 7.17. The van der Waals surface area contributed by atoms with Crippen molar-refractivity contribution in [1.29, 1.82) is 0 Å². The average Bonchev–Trinajstić information content (AvgIpc) is 2.60. The molecule has 0 saturated carbocycles. The van der Waals surface area contributed by atoms with Gasteiger partial charge in [-0.3, -0.25) is 9.59 Å². The molecule has 4 heteroatoms. The van der Waals surface area contributed by atoms with Crippen LogP contribution in [0.25, 0.3) is 0 Å². The fraction of sp³-hybridized carbons (Fsp3) is 0.364. The topological polar surface area (TPSA) is 58.2 Å². The Morgan fingerprint density at radius 2 is 1.62 bits per heavy atom. The molecule has 0 bridgehead atoms. The van der Waals surface area contributed by atoms with E-state index in [4.69, 9.17) is 0 Å². The normalized spacial score (nSPS) is 11.9. The maximum Gasteiger partial charge on any atom is 0.252 e. The Hall–Kier alpha value is -2.62. The molecule has 138 valence electrons. The van der Waals surface area contributed by atoms with Gasteiger partial charge in [-0.1, -0.05) is 61.9 Å². The number of hydrogen-bond donors (Lipinski definition) is 2. The zero-order chi connectivity index (χ0) is 19.1. The lowest BCUT2D eigenvalue weighted by molar-refractivity contribution is -0.123. The molecule has 4 nitrogen and oxygen atoms in total. The van der Waals surface area contributed by atoms with Gasteiger partial charge < -0.3 is 10.6 Å². The molecule has 1 unspecified atom stereocenters. The van der Waals surface area contributed by atoms with E-state index in [1.807, 2.05) is 70.2 Å². The molecule has 2 N–H and O–H groups in total. The van der Waals surface area contributed by atoms with Crippen LogP contribution in [0.2, 0.25) is 0 Å². The molecule has 0 heterocycles. The third-order valence-corrected chi connectivity index (χ3v) is 4.31. The van der Waals surface area contributed by atoms with E-state index in [1.165, 1.54) is 5.56 Å². The zero-order valence-corrected chi connectivity index (χ0v) is 16.0. The fourth-order valence-electron chi connectivity index (χ4n) is 2.78. The predicted octanol–water partition coefficient (Wildman–Crippen LogP) is 3.76. The Kier molecular flexibility index (Phi) is 6.96. The van der Waals surface area contributed by atoms with E-state index in [9.17, 15) is 9.59 Å². The number of carbonyl (C=O) groups excluding carboxylic acids is 2.